The van der Waals surface area contributed by atoms with Crippen molar-refractivity contribution in [3.8, 4) is 0 Å². The van der Waals surface area contributed by atoms with Gasteiger partial charge in [0.2, 0.25) is 5.95 Å². The first-order chi connectivity index (χ1) is 9.44. The van der Waals surface area contributed by atoms with Gasteiger partial charge in [-0.2, -0.15) is 4.98 Å². The fourth-order valence-electron chi connectivity index (χ4n) is 1.91. The average molecular weight is 279 g/mol. The van der Waals surface area contributed by atoms with Crippen LogP contribution in [0.15, 0.2) is 12.3 Å². The Morgan fingerprint density at radius 2 is 2.05 bits per heavy atom. The first-order valence-electron chi connectivity index (χ1n) is 6.77. The molecule has 7 nitrogen and oxygen atoms in total. The molecule has 1 aromatic rings. The Balaban J connectivity index is 1.90. The van der Waals surface area contributed by atoms with Crippen LogP contribution in [0.4, 0.5) is 16.6 Å². The van der Waals surface area contributed by atoms with E-state index in [9.17, 15) is 4.79 Å². The largest absolute Gasteiger partial charge is 0.443 e. The highest BCUT2D eigenvalue weighted by molar-refractivity contribution is 5.69. The second kappa shape index (κ2) is 5.94. The van der Waals surface area contributed by atoms with Crippen LogP contribution in [-0.2, 0) is 4.74 Å². The molecule has 0 radical (unpaired) electrons. The highest BCUT2D eigenvalue weighted by Crippen LogP contribution is 2.16. The van der Waals surface area contributed by atoms with E-state index in [0.29, 0.717) is 11.8 Å². The summed E-state index contributed by atoms with van der Waals surface area (Å²) in [7, 11) is 0. The lowest BCUT2D eigenvalue weighted by Crippen LogP contribution is -2.36. The lowest BCUT2D eigenvalue weighted by molar-refractivity contribution is 0.0541. The van der Waals surface area contributed by atoms with Crippen molar-refractivity contribution in [2.24, 2.45) is 0 Å². The number of aromatic nitrogens is 2. The van der Waals surface area contributed by atoms with Crippen molar-refractivity contribution in [1.82, 2.24) is 15.4 Å². The van der Waals surface area contributed by atoms with E-state index < -0.39 is 11.7 Å². The minimum atomic E-state index is -0.543. The van der Waals surface area contributed by atoms with Gasteiger partial charge in [0.1, 0.15) is 11.4 Å². The van der Waals surface area contributed by atoms with Gasteiger partial charge in [-0.25, -0.2) is 15.2 Å². The topological polar surface area (TPSA) is 79.4 Å². The summed E-state index contributed by atoms with van der Waals surface area (Å²) >= 11 is 0. The Labute approximate surface area is 118 Å². The van der Waals surface area contributed by atoms with E-state index >= 15 is 0 Å². The first-order valence-corrected chi connectivity index (χ1v) is 6.77. The molecule has 0 atom stereocenters. The second-order valence-electron chi connectivity index (χ2n) is 5.69. The van der Waals surface area contributed by atoms with E-state index in [0.717, 1.165) is 25.9 Å². The van der Waals surface area contributed by atoms with Gasteiger partial charge < -0.3 is 9.64 Å². The molecule has 0 unspecified atom stereocenters. The summed E-state index contributed by atoms with van der Waals surface area (Å²) < 4.78 is 5.12. The number of carbonyl (C=O) groups is 1. The van der Waals surface area contributed by atoms with E-state index in [2.05, 4.69) is 25.7 Å². The maximum Gasteiger partial charge on any atom is 0.426 e. The number of hydrogen-bond acceptors (Lipinski definition) is 6. The maximum atomic E-state index is 11.5. The predicted octanol–water partition coefficient (Wildman–Crippen LogP) is 1.93. The van der Waals surface area contributed by atoms with Crippen molar-refractivity contribution in [1.29, 1.82) is 0 Å². The molecule has 0 saturated carbocycles. The van der Waals surface area contributed by atoms with Crippen LogP contribution in [0.1, 0.15) is 33.6 Å². The molecule has 2 rings (SSSR count). The number of rotatable bonds is 3. The van der Waals surface area contributed by atoms with Gasteiger partial charge in [0, 0.05) is 25.4 Å². The number of hydrazine groups is 1. The smallest absolute Gasteiger partial charge is 0.426 e. The van der Waals surface area contributed by atoms with Crippen LogP contribution < -0.4 is 15.8 Å². The van der Waals surface area contributed by atoms with Crippen LogP contribution in [0.25, 0.3) is 0 Å². The molecule has 1 aromatic heterocycles. The molecular formula is C13H21N5O2. The van der Waals surface area contributed by atoms with Gasteiger partial charge >= 0.3 is 6.09 Å². The molecule has 0 spiro atoms. The summed E-state index contributed by atoms with van der Waals surface area (Å²) in [4.78, 5) is 22.2. The van der Waals surface area contributed by atoms with Crippen molar-refractivity contribution in [3.63, 3.8) is 0 Å². The number of nitrogens with zero attached hydrogens (tertiary/aromatic N) is 3. The molecule has 1 aliphatic heterocycles. The summed E-state index contributed by atoms with van der Waals surface area (Å²) in [6, 6.07) is 1.69. The third-order valence-electron chi connectivity index (χ3n) is 2.72. The van der Waals surface area contributed by atoms with E-state index in [4.69, 9.17) is 4.74 Å². The number of amides is 1. The monoisotopic (exact) mass is 279 g/mol. The maximum absolute atomic E-state index is 11.5. The van der Waals surface area contributed by atoms with Gasteiger partial charge in [-0.15, -0.1) is 0 Å². The summed E-state index contributed by atoms with van der Waals surface area (Å²) in [6.07, 6.45) is 3.45. The zero-order valence-corrected chi connectivity index (χ0v) is 12.1. The van der Waals surface area contributed by atoms with Gasteiger partial charge in [-0.3, -0.25) is 5.43 Å². The number of hydrogen-bond donors (Lipinski definition) is 2. The number of carbonyl (C=O) groups excluding carboxylic acids is 1. The van der Waals surface area contributed by atoms with Crippen molar-refractivity contribution in [2.75, 3.05) is 23.4 Å². The minimum Gasteiger partial charge on any atom is -0.443 e. The molecule has 2 heterocycles. The fourth-order valence-corrected chi connectivity index (χ4v) is 1.91. The van der Waals surface area contributed by atoms with E-state index in [1.165, 1.54) is 0 Å². The average Bonchev–Trinajstić information content (AvgIpc) is 2.88. The highest BCUT2D eigenvalue weighted by Gasteiger charge is 2.17. The van der Waals surface area contributed by atoms with Crippen LogP contribution in [0, 0.1) is 0 Å². The van der Waals surface area contributed by atoms with Gasteiger partial charge in [-0.1, -0.05) is 0 Å². The van der Waals surface area contributed by atoms with E-state index in [1.54, 1.807) is 12.3 Å². The number of anilines is 2. The van der Waals surface area contributed by atoms with Crippen LogP contribution in [0.2, 0.25) is 0 Å². The first kappa shape index (κ1) is 14.4. The highest BCUT2D eigenvalue weighted by atomic mass is 16.6. The third-order valence-corrected chi connectivity index (χ3v) is 2.72. The van der Waals surface area contributed by atoms with Gasteiger partial charge in [0.25, 0.3) is 0 Å². The zero-order valence-electron chi connectivity index (χ0n) is 12.1. The molecule has 1 saturated heterocycles. The predicted molar refractivity (Wildman–Crippen MR) is 76.5 cm³/mol. The van der Waals surface area contributed by atoms with Crippen molar-refractivity contribution in [2.45, 2.75) is 39.2 Å². The van der Waals surface area contributed by atoms with Gasteiger partial charge in [-0.05, 0) is 33.6 Å². The summed E-state index contributed by atoms with van der Waals surface area (Å²) in [5.41, 5.74) is 4.65. The molecule has 20 heavy (non-hydrogen) atoms. The minimum absolute atomic E-state index is 0.530. The van der Waals surface area contributed by atoms with Crippen LogP contribution in [-0.4, -0.2) is 34.8 Å². The quantitative estimate of drug-likeness (QED) is 0.823. The van der Waals surface area contributed by atoms with Crippen molar-refractivity contribution < 1.29 is 9.53 Å². The standard InChI is InChI=1S/C13H21N5O2/c1-13(2,3)20-12(19)17-16-10-6-7-14-11(15-10)18-8-4-5-9-18/h6-7H,4-5,8-9H2,1-3H3,(H,17,19)(H,14,15,16). The zero-order chi connectivity index (χ0) is 14.6. The van der Waals surface area contributed by atoms with E-state index in [1.807, 2.05) is 20.8 Å². The van der Waals surface area contributed by atoms with Gasteiger partial charge in [0.15, 0.2) is 0 Å². The van der Waals surface area contributed by atoms with Crippen LogP contribution in [0.3, 0.4) is 0 Å². The lowest BCUT2D eigenvalue weighted by Gasteiger charge is -2.20. The molecular weight excluding hydrogens is 258 g/mol. The molecule has 1 fully saturated rings. The third kappa shape index (κ3) is 4.25. The van der Waals surface area contributed by atoms with Crippen LogP contribution in [0.5, 0.6) is 0 Å². The molecule has 0 aromatic carbocycles. The Bertz CT molecular complexity index is 466. The number of nitrogens with one attached hydrogen (secondary N) is 2. The molecule has 2 N–H and O–H groups in total. The van der Waals surface area contributed by atoms with Crippen molar-refractivity contribution >= 4 is 17.9 Å². The van der Waals surface area contributed by atoms with E-state index in [-0.39, 0.29) is 0 Å². The molecule has 7 heteroatoms. The number of ether oxygens (including phenoxy) is 1. The van der Waals surface area contributed by atoms with Gasteiger partial charge in [0.05, 0.1) is 0 Å². The molecule has 0 aliphatic carbocycles. The summed E-state index contributed by atoms with van der Waals surface area (Å²) in [5.74, 6) is 1.21. The summed E-state index contributed by atoms with van der Waals surface area (Å²) in [5, 5.41) is 0. The SMILES string of the molecule is CC(C)(C)OC(=O)NNc1ccnc(N2CCCC2)n1. The molecule has 110 valence electrons. The fraction of sp³-hybridized carbons (Fsp3) is 0.615. The molecule has 1 aliphatic rings. The molecule has 0 bridgehead atoms. The Morgan fingerprint density at radius 3 is 2.70 bits per heavy atom. The second-order valence-corrected chi connectivity index (χ2v) is 5.69. The lowest BCUT2D eigenvalue weighted by atomic mass is 10.2. The Kier molecular flexibility index (Phi) is 4.26. The Morgan fingerprint density at radius 1 is 1.35 bits per heavy atom. The molecule has 1 amide bonds. The van der Waals surface area contributed by atoms with Crippen LogP contribution >= 0.6 is 0 Å². The Hall–Kier alpha value is -2.05. The summed E-state index contributed by atoms with van der Waals surface area (Å²) in [6.45, 7) is 7.38. The normalized spacial score (nSPS) is 15.1. The van der Waals surface area contributed by atoms with Crippen molar-refractivity contribution in [3.05, 3.63) is 12.3 Å².